The molecule has 0 aliphatic heterocycles. The van der Waals surface area contributed by atoms with Gasteiger partial charge in [0.1, 0.15) is 18.1 Å². The molecule has 1 aromatic carbocycles. The van der Waals surface area contributed by atoms with Crippen molar-refractivity contribution in [3.8, 4) is 11.5 Å². The monoisotopic (exact) mass is 286 g/mol. The molecule has 0 unspecified atom stereocenters. The van der Waals surface area contributed by atoms with E-state index < -0.39 is 6.09 Å². The maximum Gasteiger partial charge on any atom is 0.411 e. The Morgan fingerprint density at radius 2 is 2.00 bits per heavy atom. The van der Waals surface area contributed by atoms with Gasteiger partial charge >= 0.3 is 6.09 Å². The first-order chi connectivity index (χ1) is 9.62. The fourth-order valence-corrected chi connectivity index (χ4v) is 1.45. The minimum Gasteiger partial charge on any atom is -0.506 e. The summed E-state index contributed by atoms with van der Waals surface area (Å²) in [4.78, 5) is 11.3. The molecular formula is C12H18N2O6. The van der Waals surface area contributed by atoms with Gasteiger partial charge in [-0.05, 0) is 0 Å². The summed E-state index contributed by atoms with van der Waals surface area (Å²) in [7, 11) is 1.43. The Bertz CT molecular complexity index is 452. The van der Waals surface area contributed by atoms with Gasteiger partial charge in [-0.2, -0.15) is 0 Å². The quantitative estimate of drug-likeness (QED) is 0.458. The van der Waals surface area contributed by atoms with Gasteiger partial charge in [-0.15, -0.1) is 0 Å². The van der Waals surface area contributed by atoms with Crippen LogP contribution in [0.1, 0.15) is 0 Å². The Balaban J connectivity index is 2.84. The summed E-state index contributed by atoms with van der Waals surface area (Å²) in [6.07, 6.45) is -0.799. The predicted octanol–water partition coefficient (Wildman–Crippen LogP) is 0.346. The zero-order chi connectivity index (χ0) is 15.0. The highest BCUT2D eigenvalue weighted by molar-refractivity contribution is 5.88. The number of carbonyl (C=O) groups excluding carboxylic acids is 1. The van der Waals surface area contributed by atoms with Crippen LogP contribution in [-0.4, -0.2) is 54.9 Å². The number of carbonyl (C=O) groups is 1. The summed E-state index contributed by atoms with van der Waals surface area (Å²) in [5, 5.41) is 32.3. The van der Waals surface area contributed by atoms with E-state index in [4.69, 9.17) is 14.9 Å². The maximum atomic E-state index is 11.3. The van der Waals surface area contributed by atoms with Crippen molar-refractivity contribution in [2.75, 3.05) is 44.1 Å². The van der Waals surface area contributed by atoms with Crippen molar-refractivity contribution in [1.82, 2.24) is 0 Å². The number of amides is 1. The van der Waals surface area contributed by atoms with Gasteiger partial charge in [0.2, 0.25) is 0 Å². The molecule has 0 spiro atoms. The van der Waals surface area contributed by atoms with Crippen LogP contribution in [0.5, 0.6) is 11.5 Å². The summed E-state index contributed by atoms with van der Waals surface area (Å²) in [5.41, 5.74) is 0.590. The topological polar surface area (TPSA) is 120 Å². The van der Waals surface area contributed by atoms with Gasteiger partial charge < -0.3 is 30.1 Å². The number of aliphatic hydroxyl groups excluding tert-OH is 2. The van der Waals surface area contributed by atoms with Crippen LogP contribution in [0.25, 0.3) is 0 Å². The van der Waals surface area contributed by atoms with E-state index in [-0.39, 0.29) is 31.3 Å². The molecule has 0 aliphatic carbocycles. The van der Waals surface area contributed by atoms with Crippen molar-refractivity contribution >= 4 is 17.5 Å². The van der Waals surface area contributed by atoms with Crippen molar-refractivity contribution < 1.29 is 29.6 Å². The fraction of sp³-hybridized carbons (Fsp3) is 0.417. The zero-order valence-corrected chi connectivity index (χ0v) is 11.0. The fourth-order valence-electron chi connectivity index (χ4n) is 1.45. The van der Waals surface area contributed by atoms with E-state index in [9.17, 15) is 9.90 Å². The predicted molar refractivity (Wildman–Crippen MR) is 72.3 cm³/mol. The van der Waals surface area contributed by atoms with Crippen LogP contribution in [-0.2, 0) is 4.74 Å². The van der Waals surface area contributed by atoms with Crippen LogP contribution < -0.4 is 15.4 Å². The standard InChI is InChI=1S/C12H18N2O6/c1-19-11-7-8(14-12(18)20-5-4-16)10(17)6-9(11)13-2-3-15/h6-7,13,15-17H,2-5H2,1H3,(H,14,18). The molecule has 1 amide bonds. The number of aromatic hydroxyl groups is 1. The Hall–Kier alpha value is -2.19. The van der Waals surface area contributed by atoms with Crippen LogP contribution in [0.3, 0.4) is 0 Å². The molecule has 20 heavy (non-hydrogen) atoms. The highest BCUT2D eigenvalue weighted by atomic mass is 16.6. The summed E-state index contributed by atoms with van der Waals surface area (Å²) in [5.74, 6) is 0.195. The lowest BCUT2D eigenvalue weighted by Crippen LogP contribution is -2.16. The number of benzene rings is 1. The minimum atomic E-state index is -0.799. The second kappa shape index (κ2) is 8.08. The molecule has 8 nitrogen and oxygen atoms in total. The summed E-state index contributed by atoms with van der Waals surface area (Å²) in [6.45, 7) is -0.203. The lowest BCUT2D eigenvalue weighted by atomic mass is 10.2. The highest BCUT2D eigenvalue weighted by Crippen LogP contribution is 2.35. The van der Waals surface area contributed by atoms with Crippen molar-refractivity contribution in [1.29, 1.82) is 0 Å². The SMILES string of the molecule is COc1cc(NC(=O)OCCO)c(O)cc1NCCO. The van der Waals surface area contributed by atoms with Gasteiger partial charge in [0, 0.05) is 18.7 Å². The third kappa shape index (κ3) is 4.48. The van der Waals surface area contributed by atoms with Gasteiger partial charge in [0.15, 0.2) is 0 Å². The molecule has 0 aliphatic rings. The Labute approximate surface area is 115 Å². The van der Waals surface area contributed by atoms with Gasteiger partial charge in [-0.3, -0.25) is 5.32 Å². The number of phenolic OH excluding ortho intramolecular Hbond substituents is 1. The summed E-state index contributed by atoms with van der Waals surface area (Å²) in [6, 6.07) is 2.77. The summed E-state index contributed by atoms with van der Waals surface area (Å²) >= 11 is 0. The van der Waals surface area contributed by atoms with Crippen LogP contribution in [0, 0.1) is 0 Å². The molecule has 0 bridgehead atoms. The molecule has 0 saturated heterocycles. The van der Waals surface area contributed by atoms with E-state index in [1.807, 2.05) is 0 Å². The van der Waals surface area contributed by atoms with Crippen LogP contribution >= 0.6 is 0 Å². The molecule has 0 atom stereocenters. The molecule has 0 aromatic heterocycles. The van der Waals surface area contributed by atoms with E-state index in [0.29, 0.717) is 18.0 Å². The average Bonchev–Trinajstić information content (AvgIpc) is 2.45. The molecule has 0 radical (unpaired) electrons. The van der Waals surface area contributed by atoms with E-state index in [0.717, 1.165) is 0 Å². The normalized spacial score (nSPS) is 9.95. The molecule has 1 rings (SSSR count). The Morgan fingerprint density at radius 3 is 2.60 bits per heavy atom. The number of anilines is 2. The van der Waals surface area contributed by atoms with Crippen LogP contribution in [0.2, 0.25) is 0 Å². The molecular weight excluding hydrogens is 268 g/mol. The number of ether oxygens (including phenoxy) is 2. The van der Waals surface area contributed by atoms with E-state index in [2.05, 4.69) is 15.4 Å². The number of hydrogen-bond donors (Lipinski definition) is 5. The third-order valence-electron chi connectivity index (χ3n) is 2.31. The minimum absolute atomic E-state index is 0.0720. The van der Waals surface area contributed by atoms with Crippen molar-refractivity contribution in [3.63, 3.8) is 0 Å². The molecule has 8 heteroatoms. The number of aliphatic hydroxyl groups is 2. The molecule has 0 saturated carbocycles. The van der Waals surface area contributed by atoms with Gasteiger partial charge in [-0.25, -0.2) is 4.79 Å². The van der Waals surface area contributed by atoms with Gasteiger partial charge in [0.25, 0.3) is 0 Å². The number of methoxy groups -OCH3 is 1. The van der Waals surface area contributed by atoms with Crippen molar-refractivity contribution in [2.24, 2.45) is 0 Å². The second-order valence-electron chi connectivity index (χ2n) is 3.70. The van der Waals surface area contributed by atoms with Crippen LogP contribution in [0.4, 0.5) is 16.2 Å². The largest absolute Gasteiger partial charge is 0.506 e. The number of hydrogen-bond acceptors (Lipinski definition) is 7. The number of rotatable bonds is 7. The zero-order valence-electron chi connectivity index (χ0n) is 11.0. The number of phenols is 1. The van der Waals surface area contributed by atoms with E-state index in [1.54, 1.807) is 0 Å². The molecule has 112 valence electrons. The lowest BCUT2D eigenvalue weighted by molar-refractivity contribution is 0.131. The Morgan fingerprint density at radius 1 is 1.25 bits per heavy atom. The molecule has 1 aromatic rings. The van der Waals surface area contributed by atoms with E-state index in [1.165, 1.54) is 19.2 Å². The number of nitrogens with one attached hydrogen (secondary N) is 2. The lowest BCUT2D eigenvalue weighted by Gasteiger charge is -2.14. The maximum absolute atomic E-state index is 11.3. The first-order valence-corrected chi connectivity index (χ1v) is 5.92. The average molecular weight is 286 g/mol. The van der Waals surface area contributed by atoms with Crippen molar-refractivity contribution in [3.05, 3.63) is 12.1 Å². The smallest absolute Gasteiger partial charge is 0.411 e. The summed E-state index contributed by atoms with van der Waals surface area (Å²) < 4.78 is 9.73. The molecule has 0 heterocycles. The van der Waals surface area contributed by atoms with Gasteiger partial charge in [0.05, 0.1) is 31.7 Å². The van der Waals surface area contributed by atoms with Crippen LogP contribution in [0.15, 0.2) is 12.1 Å². The molecule has 5 N–H and O–H groups in total. The second-order valence-corrected chi connectivity index (χ2v) is 3.70. The van der Waals surface area contributed by atoms with Crippen molar-refractivity contribution in [2.45, 2.75) is 0 Å². The van der Waals surface area contributed by atoms with Gasteiger partial charge in [-0.1, -0.05) is 0 Å². The first kappa shape index (κ1) is 15.9. The Kier molecular flexibility index (Phi) is 6.41. The first-order valence-electron chi connectivity index (χ1n) is 5.92. The van der Waals surface area contributed by atoms with E-state index >= 15 is 0 Å². The highest BCUT2D eigenvalue weighted by Gasteiger charge is 2.12. The third-order valence-corrected chi connectivity index (χ3v) is 2.31. The molecule has 0 fully saturated rings.